The summed E-state index contributed by atoms with van der Waals surface area (Å²) in [6.45, 7) is 16.5. The minimum Gasteiger partial charge on any atom is -0.313 e. The molecule has 0 aromatic carbocycles. The van der Waals surface area contributed by atoms with E-state index in [1.165, 1.54) is 30.8 Å². The summed E-state index contributed by atoms with van der Waals surface area (Å²) >= 11 is 2.10. The van der Waals surface area contributed by atoms with E-state index in [1.54, 1.807) is 0 Å². The van der Waals surface area contributed by atoms with Crippen LogP contribution in [0.1, 0.15) is 27.2 Å². The highest BCUT2D eigenvalue weighted by atomic mass is 32.2. The molecular weight excluding hydrogens is 216 g/mol. The Morgan fingerprint density at radius 1 is 1.44 bits per heavy atom. The van der Waals surface area contributed by atoms with Crippen LogP contribution in [0.15, 0.2) is 12.2 Å². The molecule has 1 heterocycles. The van der Waals surface area contributed by atoms with Crippen LogP contribution in [0.5, 0.6) is 0 Å². The highest BCUT2D eigenvalue weighted by Gasteiger charge is 2.23. The molecule has 1 fully saturated rings. The van der Waals surface area contributed by atoms with Crippen LogP contribution in [0.2, 0.25) is 0 Å². The third-order valence-corrected chi connectivity index (χ3v) is 4.37. The van der Waals surface area contributed by atoms with Crippen LogP contribution in [-0.4, -0.2) is 48.1 Å². The fourth-order valence-electron chi connectivity index (χ4n) is 1.89. The van der Waals surface area contributed by atoms with Crippen molar-refractivity contribution in [2.24, 2.45) is 0 Å². The van der Waals surface area contributed by atoms with Crippen molar-refractivity contribution in [1.82, 2.24) is 10.2 Å². The predicted molar refractivity (Wildman–Crippen MR) is 75.3 cm³/mol. The van der Waals surface area contributed by atoms with Gasteiger partial charge in [-0.1, -0.05) is 27.4 Å². The maximum atomic E-state index is 4.14. The number of rotatable bonds is 5. The molecule has 1 N–H and O–H groups in total. The Hall–Kier alpha value is 0.0100. The summed E-state index contributed by atoms with van der Waals surface area (Å²) in [5.74, 6) is 1.25. The molecule has 0 saturated carbocycles. The van der Waals surface area contributed by atoms with Crippen LogP contribution in [0.3, 0.4) is 0 Å². The Labute approximate surface area is 105 Å². The first kappa shape index (κ1) is 14.1. The van der Waals surface area contributed by atoms with Crippen molar-refractivity contribution in [3.8, 4) is 0 Å². The van der Waals surface area contributed by atoms with Crippen LogP contribution >= 0.6 is 11.8 Å². The SMILES string of the molecule is C=C(CNCC)CN1CCSC(C)(C)CC1. The molecule has 16 heavy (non-hydrogen) atoms. The standard InChI is InChI=1S/C13H26N2S/c1-5-14-10-12(2)11-15-7-6-13(3,4)16-9-8-15/h14H,2,5-11H2,1,3-4H3. The molecule has 0 aromatic heterocycles. The summed E-state index contributed by atoms with van der Waals surface area (Å²) < 4.78 is 0.456. The average Bonchev–Trinajstić information content (AvgIpc) is 2.37. The summed E-state index contributed by atoms with van der Waals surface area (Å²) in [5.41, 5.74) is 1.31. The van der Waals surface area contributed by atoms with Gasteiger partial charge in [0.25, 0.3) is 0 Å². The van der Waals surface area contributed by atoms with E-state index in [2.05, 4.69) is 49.3 Å². The van der Waals surface area contributed by atoms with Gasteiger partial charge in [0.05, 0.1) is 0 Å². The summed E-state index contributed by atoms with van der Waals surface area (Å²) in [6.07, 6.45) is 1.28. The third kappa shape index (κ3) is 5.37. The van der Waals surface area contributed by atoms with Gasteiger partial charge in [-0.25, -0.2) is 0 Å². The van der Waals surface area contributed by atoms with Crippen molar-refractivity contribution in [1.29, 1.82) is 0 Å². The third-order valence-electron chi connectivity index (χ3n) is 3.00. The molecule has 1 aliphatic heterocycles. The molecule has 1 rings (SSSR count). The number of thioether (sulfide) groups is 1. The summed E-state index contributed by atoms with van der Waals surface area (Å²) in [4.78, 5) is 2.54. The van der Waals surface area contributed by atoms with Gasteiger partial charge in [-0.05, 0) is 25.1 Å². The quantitative estimate of drug-likeness (QED) is 0.745. The number of hydrogen-bond acceptors (Lipinski definition) is 3. The Kier molecular flexibility index (Phi) is 5.87. The lowest BCUT2D eigenvalue weighted by atomic mass is 10.1. The van der Waals surface area contributed by atoms with E-state index >= 15 is 0 Å². The maximum Gasteiger partial charge on any atom is 0.0203 e. The van der Waals surface area contributed by atoms with Crippen LogP contribution in [-0.2, 0) is 0 Å². The Morgan fingerprint density at radius 3 is 2.88 bits per heavy atom. The number of nitrogens with zero attached hydrogens (tertiary/aromatic N) is 1. The molecule has 1 aliphatic rings. The lowest BCUT2D eigenvalue weighted by Crippen LogP contribution is -2.31. The van der Waals surface area contributed by atoms with E-state index in [0.717, 1.165) is 19.6 Å². The monoisotopic (exact) mass is 242 g/mol. The van der Waals surface area contributed by atoms with Crippen molar-refractivity contribution < 1.29 is 0 Å². The molecule has 0 unspecified atom stereocenters. The van der Waals surface area contributed by atoms with Crippen LogP contribution < -0.4 is 5.32 Å². The predicted octanol–water partition coefficient (Wildman–Crippen LogP) is 2.37. The zero-order valence-electron chi connectivity index (χ0n) is 11.0. The second-order valence-electron chi connectivity index (χ2n) is 5.16. The molecule has 2 nitrogen and oxygen atoms in total. The second kappa shape index (κ2) is 6.67. The Bertz CT molecular complexity index is 226. The first-order valence-corrected chi connectivity index (χ1v) is 7.26. The van der Waals surface area contributed by atoms with Crippen molar-refractivity contribution in [3.05, 3.63) is 12.2 Å². The largest absolute Gasteiger partial charge is 0.313 e. The Balaban J connectivity index is 2.29. The van der Waals surface area contributed by atoms with E-state index in [0.29, 0.717) is 4.75 Å². The van der Waals surface area contributed by atoms with Crippen molar-refractivity contribution in [3.63, 3.8) is 0 Å². The van der Waals surface area contributed by atoms with Crippen LogP contribution in [0.4, 0.5) is 0 Å². The fourth-order valence-corrected chi connectivity index (χ4v) is 3.03. The highest BCUT2D eigenvalue weighted by Crippen LogP contribution is 2.30. The number of likely N-dealkylation sites (N-methyl/N-ethyl adjacent to an activating group) is 1. The number of nitrogens with one attached hydrogen (secondary N) is 1. The molecule has 0 aromatic rings. The molecule has 0 radical (unpaired) electrons. The van der Waals surface area contributed by atoms with Gasteiger partial charge in [0.1, 0.15) is 0 Å². The molecule has 0 amide bonds. The van der Waals surface area contributed by atoms with E-state index in [-0.39, 0.29) is 0 Å². The van der Waals surface area contributed by atoms with Gasteiger partial charge in [-0.3, -0.25) is 4.90 Å². The first-order valence-electron chi connectivity index (χ1n) is 6.27. The first-order chi connectivity index (χ1) is 7.53. The second-order valence-corrected chi connectivity index (χ2v) is 6.97. The summed E-state index contributed by atoms with van der Waals surface area (Å²) in [6, 6.07) is 0. The van der Waals surface area contributed by atoms with E-state index in [4.69, 9.17) is 0 Å². The van der Waals surface area contributed by atoms with Gasteiger partial charge < -0.3 is 5.32 Å². The van der Waals surface area contributed by atoms with E-state index in [1.807, 2.05) is 0 Å². The summed E-state index contributed by atoms with van der Waals surface area (Å²) in [7, 11) is 0. The van der Waals surface area contributed by atoms with Crippen molar-refractivity contribution in [2.45, 2.75) is 31.9 Å². The molecule has 0 bridgehead atoms. The van der Waals surface area contributed by atoms with Crippen LogP contribution in [0.25, 0.3) is 0 Å². The van der Waals surface area contributed by atoms with Gasteiger partial charge in [0.15, 0.2) is 0 Å². The maximum absolute atomic E-state index is 4.14. The molecule has 0 aliphatic carbocycles. The smallest absolute Gasteiger partial charge is 0.0203 e. The fraction of sp³-hybridized carbons (Fsp3) is 0.846. The molecule has 1 saturated heterocycles. The van der Waals surface area contributed by atoms with Gasteiger partial charge in [0, 0.05) is 30.1 Å². The lowest BCUT2D eigenvalue weighted by molar-refractivity contribution is 0.305. The topological polar surface area (TPSA) is 15.3 Å². The molecule has 94 valence electrons. The molecule has 0 spiro atoms. The lowest BCUT2D eigenvalue weighted by Gasteiger charge is -2.23. The molecule has 0 atom stereocenters. The summed E-state index contributed by atoms with van der Waals surface area (Å²) in [5, 5.41) is 3.34. The van der Waals surface area contributed by atoms with Crippen molar-refractivity contribution >= 4 is 11.8 Å². The zero-order chi connectivity index (χ0) is 12.0. The minimum absolute atomic E-state index is 0.456. The normalized spacial score (nSPS) is 21.7. The average molecular weight is 242 g/mol. The Morgan fingerprint density at radius 2 is 2.19 bits per heavy atom. The number of hydrogen-bond donors (Lipinski definition) is 1. The minimum atomic E-state index is 0.456. The van der Waals surface area contributed by atoms with Gasteiger partial charge in [-0.2, -0.15) is 11.8 Å². The van der Waals surface area contributed by atoms with E-state index in [9.17, 15) is 0 Å². The van der Waals surface area contributed by atoms with Crippen LogP contribution in [0, 0.1) is 0 Å². The zero-order valence-corrected chi connectivity index (χ0v) is 11.8. The highest BCUT2D eigenvalue weighted by molar-refractivity contribution is 8.00. The van der Waals surface area contributed by atoms with E-state index < -0.39 is 0 Å². The van der Waals surface area contributed by atoms with Crippen molar-refractivity contribution in [2.75, 3.05) is 38.5 Å². The van der Waals surface area contributed by atoms with Gasteiger partial charge in [-0.15, -0.1) is 0 Å². The molecular formula is C13H26N2S. The van der Waals surface area contributed by atoms with Gasteiger partial charge in [0.2, 0.25) is 0 Å². The molecule has 3 heteroatoms. The van der Waals surface area contributed by atoms with Gasteiger partial charge >= 0.3 is 0 Å².